The standard InChI is InChI=1S/C19H18N4O6S/c1-28-16-9-13(7-8-18(24)25)10-17(19(16)29-2)30(26,27)22-14-5-3-4-6-15(14)23-12-20-11-21-23/h3-12,22H,1-2H3,(H,24,25). The van der Waals surface area contributed by atoms with E-state index in [-0.39, 0.29) is 22.1 Å². The molecule has 0 aliphatic rings. The number of hydrogen-bond acceptors (Lipinski definition) is 7. The van der Waals surface area contributed by atoms with E-state index in [0.717, 1.165) is 6.08 Å². The summed E-state index contributed by atoms with van der Waals surface area (Å²) in [5.41, 5.74) is 1.03. The van der Waals surface area contributed by atoms with Crippen LogP contribution in [0.15, 0.2) is 60.0 Å². The van der Waals surface area contributed by atoms with Crippen molar-refractivity contribution in [3.8, 4) is 17.2 Å². The Kier molecular flexibility index (Phi) is 6.02. The summed E-state index contributed by atoms with van der Waals surface area (Å²) in [7, 11) is -1.50. The molecule has 0 aliphatic heterocycles. The third kappa shape index (κ3) is 4.41. The molecule has 1 aromatic heterocycles. The predicted molar refractivity (Wildman–Crippen MR) is 108 cm³/mol. The monoisotopic (exact) mass is 430 g/mol. The molecule has 0 unspecified atom stereocenters. The van der Waals surface area contributed by atoms with Gasteiger partial charge in [0.25, 0.3) is 10.0 Å². The lowest BCUT2D eigenvalue weighted by Crippen LogP contribution is -2.16. The minimum atomic E-state index is -4.16. The van der Waals surface area contributed by atoms with Gasteiger partial charge in [-0.3, -0.25) is 4.72 Å². The Morgan fingerprint density at radius 2 is 1.97 bits per heavy atom. The largest absolute Gasteiger partial charge is 0.493 e. The lowest BCUT2D eigenvalue weighted by molar-refractivity contribution is -0.131. The number of ether oxygens (including phenoxy) is 2. The Hall–Kier alpha value is -3.86. The Morgan fingerprint density at radius 3 is 2.60 bits per heavy atom. The topological polar surface area (TPSA) is 133 Å². The first-order valence-corrected chi connectivity index (χ1v) is 9.98. The summed E-state index contributed by atoms with van der Waals surface area (Å²) in [4.78, 5) is 14.5. The first kappa shape index (κ1) is 20.9. The molecule has 30 heavy (non-hydrogen) atoms. The van der Waals surface area contributed by atoms with Crippen molar-refractivity contribution in [3.05, 3.63) is 60.7 Å². The smallest absolute Gasteiger partial charge is 0.328 e. The second-order valence-electron chi connectivity index (χ2n) is 5.89. The van der Waals surface area contributed by atoms with Gasteiger partial charge in [0.1, 0.15) is 17.6 Å². The Balaban J connectivity index is 2.10. The highest BCUT2D eigenvalue weighted by Crippen LogP contribution is 2.37. The predicted octanol–water partition coefficient (Wildman–Crippen LogP) is 2.18. The molecule has 2 aromatic carbocycles. The van der Waals surface area contributed by atoms with Crippen molar-refractivity contribution in [2.75, 3.05) is 18.9 Å². The van der Waals surface area contributed by atoms with Crippen molar-refractivity contribution in [2.45, 2.75) is 4.90 Å². The third-order valence-corrected chi connectivity index (χ3v) is 5.36. The summed E-state index contributed by atoms with van der Waals surface area (Å²) < 4.78 is 40.9. The van der Waals surface area contributed by atoms with Crippen molar-refractivity contribution in [1.82, 2.24) is 14.8 Å². The number of carbonyl (C=O) groups is 1. The van der Waals surface area contributed by atoms with Crippen molar-refractivity contribution < 1.29 is 27.8 Å². The molecule has 2 N–H and O–H groups in total. The van der Waals surface area contributed by atoms with Crippen LogP contribution in [-0.4, -0.2) is 48.5 Å². The van der Waals surface area contributed by atoms with E-state index in [0.29, 0.717) is 11.3 Å². The van der Waals surface area contributed by atoms with E-state index in [1.165, 1.54) is 49.8 Å². The van der Waals surface area contributed by atoms with Crippen LogP contribution in [0.5, 0.6) is 11.5 Å². The van der Waals surface area contributed by atoms with Crippen LogP contribution in [-0.2, 0) is 14.8 Å². The van der Waals surface area contributed by atoms with Crippen LogP contribution in [0.3, 0.4) is 0 Å². The highest BCUT2D eigenvalue weighted by atomic mass is 32.2. The van der Waals surface area contributed by atoms with E-state index in [1.54, 1.807) is 24.3 Å². The minimum absolute atomic E-state index is 0.0179. The zero-order chi connectivity index (χ0) is 21.7. The van der Waals surface area contributed by atoms with E-state index in [1.807, 2.05) is 0 Å². The molecule has 3 aromatic rings. The number of hydrogen-bond donors (Lipinski definition) is 2. The number of carboxylic acids is 1. The van der Waals surface area contributed by atoms with Crippen molar-refractivity contribution in [3.63, 3.8) is 0 Å². The lowest BCUT2D eigenvalue weighted by atomic mass is 10.2. The number of nitrogens with one attached hydrogen (secondary N) is 1. The Bertz CT molecular complexity index is 1190. The lowest BCUT2D eigenvalue weighted by Gasteiger charge is -2.17. The minimum Gasteiger partial charge on any atom is -0.493 e. The van der Waals surface area contributed by atoms with E-state index in [2.05, 4.69) is 14.8 Å². The van der Waals surface area contributed by atoms with Gasteiger partial charge in [0.15, 0.2) is 11.5 Å². The first-order valence-electron chi connectivity index (χ1n) is 8.49. The van der Waals surface area contributed by atoms with Crippen LogP contribution in [0, 0.1) is 0 Å². The number of methoxy groups -OCH3 is 2. The van der Waals surface area contributed by atoms with Gasteiger partial charge in [-0.2, -0.15) is 5.10 Å². The van der Waals surface area contributed by atoms with E-state index >= 15 is 0 Å². The van der Waals surface area contributed by atoms with Gasteiger partial charge in [0.2, 0.25) is 0 Å². The molecule has 0 aliphatic carbocycles. The summed E-state index contributed by atoms with van der Waals surface area (Å²) in [6.45, 7) is 0. The average molecular weight is 430 g/mol. The molecule has 0 amide bonds. The van der Waals surface area contributed by atoms with Crippen molar-refractivity contribution in [1.29, 1.82) is 0 Å². The van der Waals surface area contributed by atoms with Crippen LogP contribution >= 0.6 is 0 Å². The average Bonchev–Trinajstić information content (AvgIpc) is 3.26. The Morgan fingerprint density at radius 1 is 1.20 bits per heavy atom. The van der Waals surface area contributed by atoms with Crippen LogP contribution in [0.4, 0.5) is 5.69 Å². The van der Waals surface area contributed by atoms with Crippen molar-refractivity contribution >= 4 is 27.8 Å². The molecule has 10 nitrogen and oxygen atoms in total. The van der Waals surface area contributed by atoms with E-state index in [9.17, 15) is 13.2 Å². The fourth-order valence-electron chi connectivity index (χ4n) is 2.71. The van der Waals surface area contributed by atoms with Gasteiger partial charge in [0.05, 0.1) is 25.6 Å². The molecule has 0 radical (unpaired) electrons. The van der Waals surface area contributed by atoms with Gasteiger partial charge in [-0.05, 0) is 35.9 Å². The van der Waals surface area contributed by atoms with Crippen LogP contribution in [0.25, 0.3) is 11.8 Å². The van der Waals surface area contributed by atoms with Gasteiger partial charge >= 0.3 is 5.97 Å². The highest BCUT2D eigenvalue weighted by Gasteiger charge is 2.25. The maximum Gasteiger partial charge on any atom is 0.328 e. The Labute approximate surface area is 172 Å². The van der Waals surface area contributed by atoms with Gasteiger partial charge in [-0.15, -0.1) is 0 Å². The van der Waals surface area contributed by atoms with Crippen LogP contribution in [0.1, 0.15) is 5.56 Å². The molecule has 0 saturated carbocycles. The number of nitrogens with zero attached hydrogens (tertiary/aromatic N) is 3. The second-order valence-corrected chi connectivity index (χ2v) is 7.54. The fraction of sp³-hybridized carbons (Fsp3) is 0.105. The number of benzene rings is 2. The summed E-state index contributed by atoms with van der Waals surface area (Å²) in [5, 5.41) is 12.9. The molecule has 0 saturated heterocycles. The molecule has 0 bridgehead atoms. The summed E-state index contributed by atoms with van der Waals surface area (Å²) in [6, 6.07) is 9.42. The number of anilines is 1. The number of rotatable bonds is 8. The molecule has 156 valence electrons. The van der Waals surface area contributed by atoms with Crippen LogP contribution in [0.2, 0.25) is 0 Å². The summed E-state index contributed by atoms with van der Waals surface area (Å²) in [5.74, 6) is -1.06. The molecule has 0 atom stereocenters. The quantitative estimate of drug-likeness (QED) is 0.520. The molecule has 11 heteroatoms. The summed E-state index contributed by atoms with van der Waals surface area (Å²) >= 11 is 0. The number of sulfonamides is 1. The van der Waals surface area contributed by atoms with Gasteiger partial charge in [-0.1, -0.05) is 12.1 Å². The third-order valence-electron chi connectivity index (χ3n) is 3.99. The van der Waals surface area contributed by atoms with Crippen LogP contribution < -0.4 is 14.2 Å². The second kappa shape index (κ2) is 8.66. The van der Waals surface area contributed by atoms with Gasteiger partial charge < -0.3 is 14.6 Å². The molecule has 0 spiro atoms. The fourth-order valence-corrected chi connectivity index (χ4v) is 4.00. The van der Waals surface area contributed by atoms with Crippen molar-refractivity contribution in [2.24, 2.45) is 0 Å². The van der Waals surface area contributed by atoms with Gasteiger partial charge in [-0.25, -0.2) is 22.9 Å². The molecule has 3 rings (SSSR count). The maximum absolute atomic E-state index is 13.2. The van der Waals surface area contributed by atoms with E-state index in [4.69, 9.17) is 14.6 Å². The molecule has 0 fully saturated rings. The van der Waals surface area contributed by atoms with E-state index < -0.39 is 16.0 Å². The maximum atomic E-state index is 13.2. The molecule has 1 heterocycles. The number of carboxylic acid groups (broad SMARTS) is 1. The highest BCUT2D eigenvalue weighted by molar-refractivity contribution is 7.92. The molecular weight excluding hydrogens is 412 g/mol. The van der Waals surface area contributed by atoms with Gasteiger partial charge in [0, 0.05) is 6.08 Å². The SMILES string of the molecule is COc1cc(C=CC(=O)O)cc(S(=O)(=O)Nc2ccccc2-n2cncn2)c1OC. The normalized spacial score (nSPS) is 11.4. The molecular formula is C19H18N4O6S. The zero-order valence-corrected chi connectivity index (χ0v) is 16.8. The first-order chi connectivity index (χ1) is 14.4. The summed E-state index contributed by atoms with van der Waals surface area (Å²) in [6.07, 6.45) is 4.92. The number of aromatic nitrogens is 3. The number of aliphatic carboxylic acids is 1. The number of para-hydroxylation sites is 2. The zero-order valence-electron chi connectivity index (χ0n) is 16.0.